The van der Waals surface area contributed by atoms with Crippen LogP contribution < -0.4 is 15.4 Å². The fraction of sp³-hybridized carbons (Fsp3) is 0.750. The van der Waals surface area contributed by atoms with E-state index in [9.17, 15) is 0 Å². The molecule has 0 fully saturated rings. The van der Waals surface area contributed by atoms with Gasteiger partial charge >= 0.3 is 0 Å². The SMILES string of the molecule is CC.CCC.CCCN(CCC)c1cc(N)nc(OCCOCC)c1. The number of nitrogens with two attached hydrogens (primary N) is 1. The highest BCUT2D eigenvalue weighted by Gasteiger charge is 2.08. The van der Waals surface area contributed by atoms with E-state index in [0.29, 0.717) is 31.5 Å². The van der Waals surface area contributed by atoms with Crippen LogP contribution >= 0.6 is 0 Å². The quantitative estimate of drug-likeness (QED) is 0.588. The second kappa shape index (κ2) is 18.8. The van der Waals surface area contributed by atoms with Crippen LogP contribution in [0.2, 0.25) is 0 Å². The van der Waals surface area contributed by atoms with Gasteiger partial charge in [0.25, 0.3) is 0 Å². The molecule has 1 heterocycles. The zero-order valence-electron chi connectivity index (χ0n) is 17.6. The molecule has 0 aromatic carbocycles. The van der Waals surface area contributed by atoms with E-state index in [1.165, 1.54) is 6.42 Å². The van der Waals surface area contributed by atoms with E-state index in [4.69, 9.17) is 15.2 Å². The average Bonchev–Trinajstić information content (AvgIpc) is 2.60. The second-order valence-corrected chi connectivity index (χ2v) is 5.33. The normalized spacial score (nSPS) is 9.40. The van der Waals surface area contributed by atoms with Gasteiger partial charge in [0.15, 0.2) is 0 Å². The molecule has 25 heavy (non-hydrogen) atoms. The summed E-state index contributed by atoms with van der Waals surface area (Å²) in [5, 5.41) is 0. The van der Waals surface area contributed by atoms with Gasteiger partial charge in [-0.15, -0.1) is 0 Å². The molecule has 0 bridgehead atoms. The van der Waals surface area contributed by atoms with Crippen LogP contribution in [0.3, 0.4) is 0 Å². The van der Waals surface area contributed by atoms with Gasteiger partial charge in [-0.2, -0.15) is 4.98 Å². The zero-order chi connectivity index (χ0) is 19.5. The predicted octanol–water partition coefficient (Wildman–Crippen LogP) is 5.15. The highest BCUT2D eigenvalue weighted by atomic mass is 16.5. The van der Waals surface area contributed by atoms with Crippen LogP contribution in [0.5, 0.6) is 5.88 Å². The maximum absolute atomic E-state index is 5.87. The third kappa shape index (κ3) is 13.5. The predicted molar refractivity (Wildman–Crippen MR) is 111 cm³/mol. The van der Waals surface area contributed by atoms with Crippen LogP contribution in [0.4, 0.5) is 11.5 Å². The summed E-state index contributed by atoms with van der Waals surface area (Å²) < 4.78 is 10.8. The van der Waals surface area contributed by atoms with Crippen LogP contribution in [0.15, 0.2) is 12.1 Å². The summed E-state index contributed by atoms with van der Waals surface area (Å²) in [6.07, 6.45) is 3.45. The summed E-state index contributed by atoms with van der Waals surface area (Å²) in [6, 6.07) is 3.86. The lowest BCUT2D eigenvalue weighted by Gasteiger charge is -2.24. The van der Waals surface area contributed by atoms with E-state index in [0.717, 1.165) is 31.6 Å². The maximum atomic E-state index is 5.87. The van der Waals surface area contributed by atoms with Gasteiger partial charge in [-0.05, 0) is 19.8 Å². The van der Waals surface area contributed by atoms with Crippen LogP contribution in [0.25, 0.3) is 0 Å². The molecule has 1 rings (SSSR count). The number of anilines is 2. The summed E-state index contributed by atoms with van der Waals surface area (Å²) in [5.41, 5.74) is 6.95. The fourth-order valence-corrected chi connectivity index (χ4v) is 2.03. The Bertz CT molecular complexity index is 395. The van der Waals surface area contributed by atoms with Crippen LogP contribution in [0, 0.1) is 0 Å². The first-order valence-electron chi connectivity index (χ1n) is 9.85. The summed E-state index contributed by atoms with van der Waals surface area (Å²) in [6.45, 7) is 18.3. The van der Waals surface area contributed by atoms with Gasteiger partial charge in [0.2, 0.25) is 5.88 Å². The van der Waals surface area contributed by atoms with E-state index in [-0.39, 0.29) is 0 Å². The Labute approximate surface area is 155 Å². The minimum absolute atomic E-state index is 0.491. The van der Waals surface area contributed by atoms with Crippen molar-refractivity contribution < 1.29 is 9.47 Å². The monoisotopic (exact) mass is 355 g/mol. The number of hydrogen-bond acceptors (Lipinski definition) is 5. The van der Waals surface area contributed by atoms with Gasteiger partial charge in [-0.3, -0.25) is 0 Å². The van der Waals surface area contributed by atoms with E-state index in [2.05, 4.69) is 37.6 Å². The van der Waals surface area contributed by atoms with E-state index < -0.39 is 0 Å². The molecule has 0 aliphatic rings. The van der Waals surface area contributed by atoms with E-state index in [1.54, 1.807) is 0 Å². The van der Waals surface area contributed by atoms with Crippen molar-refractivity contribution in [1.82, 2.24) is 4.98 Å². The van der Waals surface area contributed by atoms with Crippen molar-refractivity contribution in [2.75, 3.05) is 43.5 Å². The number of nitrogens with zero attached hydrogens (tertiary/aromatic N) is 2. The van der Waals surface area contributed by atoms with Gasteiger partial charge in [-0.1, -0.05) is 48.0 Å². The molecule has 2 N–H and O–H groups in total. The van der Waals surface area contributed by atoms with Gasteiger partial charge < -0.3 is 20.1 Å². The summed E-state index contributed by atoms with van der Waals surface area (Å²) >= 11 is 0. The first-order chi connectivity index (χ1) is 12.1. The molecule has 0 saturated heterocycles. The Morgan fingerprint density at radius 3 is 2.00 bits per heavy atom. The Morgan fingerprint density at radius 1 is 0.960 bits per heavy atom. The molecular formula is C20H41N3O2. The number of hydrogen-bond donors (Lipinski definition) is 1. The minimum Gasteiger partial charge on any atom is -0.475 e. The fourth-order valence-electron chi connectivity index (χ4n) is 2.03. The minimum atomic E-state index is 0.491. The molecule has 0 amide bonds. The summed E-state index contributed by atoms with van der Waals surface area (Å²) in [5.74, 6) is 1.06. The first kappa shape index (κ1) is 25.7. The molecule has 0 unspecified atom stereocenters. The van der Waals surface area contributed by atoms with Gasteiger partial charge in [0.05, 0.1) is 6.61 Å². The molecule has 0 aliphatic carbocycles. The molecule has 5 heteroatoms. The number of ether oxygens (including phenoxy) is 2. The number of pyridine rings is 1. The van der Waals surface area contributed by atoms with E-state index in [1.807, 2.05) is 32.9 Å². The summed E-state index contributed by atoms with van der Waals surface area (Å²) in [4.78, 5) is 6.52. The number of rotatable bonds is 10. The van der Waals surface area contributed by atoms with Crippen molar-refractivity contribution in [1.29, 1.82) is 0 Å². The molecule has 0 spiro atoms. The van der Waals surface area contributed by atoms with Crippen molar-refractivity contribution >= 4 is 11.5 Å². The zero-order valence-corrected chi connectivity index (χ0v) is 17.6. The lowest BCUT2D eigenvalue weighted by atomic mass is 10.3. The smallest absolute Gasteiger partial charge is 0.217 e. The lowest BCUT2D eigenvalue weighted by molar-refractivity contribution is 0.108. The molecule has 1 aromatic rings. The molecule has 0 atom stereocenters. The highest BCUT2D eigenvalue weighted by Crippen LogP contribution is 2.23. The topological polar surface area (TPSA) is 60.6 Å². The van der Waals surface area contributed by atoms with Gasteiger partial charge in [-0.25, -0.2) is 0 Å². The molecule has 5 nitrogen and oxygen atoms in total. The average molecular weight is 356 g/mol. The highest BCUT2D eigenvalue weighted by molar-refractivity contribution is 5.55. The van der Waals surface area contributed by atoms with Crippen molar-refractivity contribution in [3.63, 3.8) is 0 Å². The Kier molecular flexibility index (Phi) is 19.4. The number of aromatic nitrogens is 1. The van der Waals surface area contributed by atoms with Crippen LogP contribution in [0.1, 0.15) is 67.7 Å². The van der Waals surface area contributed by atoms with Crippen molar-refractivity contribution in [2.24, 2.45) is 0 Å². The summed E-state index contributed by atoms with van der Waals surface area (Å²) in [7, 11) is 0. The first-order valence-corrected chi connectivity index (χ1v) is 9.85. The number of nitrogen functional groups attached to an aromatic ring is 1. The molecule has 148 valence electrons. The molecule has 0 saturated carbocycles. The Morgan fingerprint density at radius 2 is 1.52 bits per heavy atom. The molecular weight excluding hydrogens is 314 g/mol. The maximum Gasteiger partial charge on any atom is 0.217 e. The molecule has 1 aromatic heterocycles. The third-order valence-corrected chi connectivity index (χ3v) is 2.84. The van der Waals surface area contributed by atoms with Crippen LogP contribution in [-0.2, 0) is 4.74 Å². The van der Waals surface area contributed by atoms with Crippen molar-refractivity contribution in [3.05, 3.63) is 12.1 Å². The largest absolute Gasteiger partial charge is 0.475 e. The Balaban J connectivity index is 0. The Hall–Kier alpha value is -1.49. The van der Waals surface area contributed by atoms with Gasteiger partial charge in [0, 0.05) is 37.5 Å². The molecule has 0 radical (unpaired) electrons. The van der Waals surface area contributed by atoms with Crippen molar-refractivity contribution in [2.45, 2.75) is 67.7 Å². The van der Waals surface area contributed by atoms with Crippen LogP contribution in [-0.4, -0.2) is 37.9 Å². The molecule has 0 aliphatic heterocycles. The standard InChI is InChI=1S/C15H27N3O2.C3H8.C2H6/c1-4-7-18(8-5-2)13-11-14(16)17-15(12-13)20-10-9-19-6-3;1-3-2;1-2/h11-12H,4-10H2,1-3H3,(H2,16,17);3H2,1-2H3;1-2H3. The third-order valence-electron chi connectivity index (χ3n) is 2.84. The lowest BCUT2D eigenvalue weighted by Crippen LogP contribution is -2.25. The second-order valence-electron chi connectivity index (χ2n) is 5.33. The van der Waals surface area contributed by atoms with Gasteiger partial charge in [0.1, 0.15) is 12.4 Å². The van der Waals surface area contributed by atoms with E-state index >= 15 is 0 Å². The van der Waals surface area contributed by atoms with Crippen molar-refractivity contribution in [3.8, 4) is 5.88 Å².